The quantitative estimate of drug-likeness (QED) is 0.736. The van der Waals surface area contributed by atoms with E-state index >= 15 is 0 Å². The minimum Gasteiger partial charge on any atom is -0.367 e. The lowest BCUT2D eigenvalue weighted by molar-refractivity contribution is 0.630. The predicted molar refractivity (Wildman–Crippen MR) is 55.1 cm³/mol. The third-order valence-electron chi connectivity index (χ3n) is 2.55. The maximum absolute atomic E-state index is 5.77. The Bertz CT molecular complexity index is 322. The molecule has 3 heteroatoms. The van der Waals surface area contributed by atoms with Crippen LogP contribution in [0.2, 0.25) is 5.15 Å². The van der Waals surface area contributed by atoms with Gasteiger partial charge in [-0.05, 0) is 24.0 Å². The molecule has 1 aromatic rings. The Morgan fingerprint density at radius 2 is 2.23 bits per heavy atom. The molecule has 2 nitrogen and oxygen atoms in total. The largest absolute Gasteiger partial charge is 0.367 e. The summed E-state index contributed by atoms with van der Waals surface area (Å²) in [5.74, 6) is 0.878. The lowest BCUT2D eigenvalue weighted by Crippen LogP contribution is -2.09. The Hall–Kier alpha value is -0.760. The predicted octanol–water partition coefficient (Wildman–Crippen LogP) is 2.95. The molecule has 70 valence electrons. The second kappa shape index (κ2) is 2.88. The van der Waals surface area contributed by atoms with E-state index in [-0.39, 0.29) is 0 Å². The zero-order valence-corrected chi connectivity index (χ0v) is 8.60. The first-order chi connectivity index (χ1) is 6.08. The van der Waals surface area contributed by atoms with Gasteiger partial charge in [0.05, 0.1) is 0 Å². The number of nitrogens with zero attached hydrogens (tertiary/aromatic N) is 1. The molecule has 1 aliphatic rings. The van der Waals surface area contributed by atoms with Crippen molar-refractivity contribution in [3.8, 4) is 0 Å². The van der Waals surface area contributed by atoms with Crippen LogP contribution in [0.4, 0.5) is 5.82 Å². The van der Waals surface area contributed by atoms with Gasteiger partial charge in [0.25, 0.3) is 0 Å². The summed E-state index contributed by atoms with van der Waals surface area (Å²) >= 11 is 5.77. The van der Waals surface area contributed by atoms with Gasteiger partial charge in [0, 0.05) is 6.04 Å². The number of anilines is 1. The van der Waals surface area contributed by atoms with E-state index in [0.29, 0.717) is 16.6 Å². The molecule has 0 radical (unpaired) electrons. The highest BCUT2D eigenvalue weighted by Crippen LogP contribution is 2.46. The van der Waals surface area contributed by atoms with Gasteiger partial charge in [-0.2, -0.15) is 0 Å². The summed E-state index contributed by atoms with van der Waals surface area (Å²) in [5.41, 5.74) is 0.421. The minimum absolute atomic E-state index is 0.421. The van der Waals surface area contributed by atoms with Gasteiger partial charge in [0.1, 0.15) is 11.0 Å². The second-order valence-corrected chi connectivity index (χ2v) is 4.62. The third kappa shape index (κ3) is 1.94. The first-order valence-electron chi connectivity index (χ1n) is 4.47. The van der Waals surface area contributed by atoms with Crippen molar-refractivity contribution in [3.63, 3.8) is 0 Å². The molecule has 0 bridgehead atoms. The van der Waals surface area contributed by atoms with E-state index in [9.17, 15) is 0 Å². The number of pyridine rings is 1. The zero-order chi connectivity index (χ0) is 9.47. The van der Waals surface area contributed by atoms with Crippen LogP contribution >= 0.6 is 11.6 Å². The highest BCUT2D eigenvalue weighted by atomic mass is 35.5. The van der Waals surface area contributed by atoms with Crippen LogP contribution in [0.3, 0.4) is 0 Å². The van der Waals surface area contributed by atoms with Gasteiger partial charge >= 0.3 is 0 Å². The maximum Gasteiger partial charge on any atom is 0.131 e. The van der Waals surface area contributed by atoms with Crippen molar-refractivity contribution in [2.75, 3.05) is 5.32 Å². The van der Waals surface area contributed by atoms with Crippen molar-refractivity contribution in [2.24, 2.45) is 5.41 Å². The van der Waals surface area contributed by atoms with Gasteiger partial charge in [0.15, 0.2) is 0 Å². The van der Waals surface area contributed by atoms with Gasteiger partial charge in [-0.3, -0.25) is 0 Å². The minimum atomic E-state index is 0.421. The molecule has 2 rings (SSSR count). The van der Waals surface area contributed by atoms with E-state index in [2.05, 4.69) is 24.1 Å². The van der Waals surface area contributed by atoms with E-state index in [1.165, 1.54) is 6.42 Å². The van der Waals surface area contributed by atoms with Crippen LogP contribution in [0.15, 0.2) is 18.2 Å². The zero-order valence-electron chi connectivity index (χ0n) is 7.84. The molecule has 0 aromatic carbocycles. The van der Waals surface area contributed by atoms with Gasteiger partial charge in [0.2, 0.25) is 0 Å². The first-order valence-corrected chi connectivity index (χ1v) is 4.85. The van der Waals surface area contributed by atoms with E-state index in [4.69, 9.17) is 11.6 Å². The van der Waals surface area contributed by atoms with Crippen molar-refractivity contribution >= 4 is 17.4 Å². The van der Waals surface area contributed by atoms with Crippen LogP contribution < -0.4 is 5.32 Å². The number of hydrogen-bond acceptors (Lipinski definition) is 2. The summed E-state index contributed by atoms with van der Waals surface area (Å²) < 4.78 is 0. The molecule has 1 unspecified atom stereocenters. The molecule has 1 fully saturated rings. The normalized spacial score (nSPS) is 24.1. The SMILES string of the molecule is CC1(C)CC1Nc1cccc(Cl)n1. The number of nitrogens with one attached hydrogen (secondary N) is 1. The molecule has 1 N–H and O–H groups in total. The molecule has 13 heavy (non-hydrogen) atoms. The third-order valence-corrected chi connectivity index (χ3v) is 2.76. The molecule has 1 aromatic heterocycles. The lowest BCUT2D eigenvalue weighted by Gasteiger charge is -2.06. The van der Waals surface area contributed by atoms with Crippen molar-refractivity contribution in [1.82, 2.24) is 4.98 Å². The molecule has 1 aliphatic carbocycles. The fraction of sp³-hybridized carbons (Fsp3) is 0.500. The number of rotatable bonds is 2. The van der Waals surface area contributed by atoms with Crippen LogP contribution in [0.5, 0.6) is 0 Å². The summed E-state index contributed by atoms with van der Waals surface area (Å²) in [4.78, 5) is 4.17. The van der Waals surface area contributed by atoms with Crippen LogP contribution in [0, 0.1) is 5.41 Å². The molecule has 0 saturated heterocycles. The molecule has 1 saturated carbocycles. The standard InChI is InChI=1S/C10H13ClN2/c1-10(2)6-7(10)12-9-5-3-4-8(11)13-9/h3-5,7H,6H2,1-2H3,(H,12,13). The Labute approximate surface area is 83.3 Å². The lowest BCUT2D eigenvalue weighted by atomic mass is 10.2. The van der Waals surface area contributed by atoms with E-state index in [0.717, 1.165) is 5.82 Å². The van der Waals surface area contributed by atoms with Gasteiger partial charge in [-0.1, -0.05) is 31.5 Å². The van der Waals surface area contributed by atoms with Crippen LogP contribution in [-0.4, -0.2) is 11.0 Å². The number of hydrogen-bond donors (Lipinski definition) is 1. The topological polar surface area (TPSA) is 24.9 Å². The monoisotopic (exact) mass is 196 g/mol. The fourth-order valence-corrected chi connectivity index (χ4v) is 1.54. The summed E-state index contributed by atoms with van der Waals surface area (Å²) in [6.45, 7) is 4.49. The van der Waals surface area contributed by atoms with Crippen molar-refractivity contribution < 1.29 is 0 Å². The Kier molecular flexibility index (Phi) is 1.95. The van der Waals surface area contributed by atoms with E-state index < -0.39 is 0 Å². The van der Waals surface area contributed by atoms with E-state index in [1.54, 1.807) is 6.07 Å². The Morgan fingerprint density at radius 1 is 1.54 bits per heavy atom. The summed E-state index contributed by atoms with van der Waals surface area (Å²) in [6.07, 6.45) is 1.21. The molecule has 0 spiro atoms. The Balaban J connectivity index is 2.03. The van der Waals surface area contributed by atoms with Crippen LogP contribution in [0.25, 0.3) is 0 Å². The molecule has 0 aliphatic heterocycles. The van der Waals surface area contributed by atoms with Gasteiger partial charge in [-0.25, -0.2) is 4.98 Å². The molecule has 1 atom stereocenters. The average Bonchev–Trinajstić information content (AvgIpc) is 2.58. The Morgan fingerprint density at radius 3 is 2.77 bits per heavy atom. The smallest absolute Gasteiger partial charge is 0.131 e. The number of halogens is 1. The summed E-state index contributed by atoms with van der Waals surface area (Å²) in [6, 6.07) is 6.19. The average molecular weight is 197 g/mol. The van der Waals surface area contributed by atoms with Crippen molar-refractivity contribution in [1.29, 1.82) is 0 Å². The molecular weight excluding hydrogens is 184 g/mol. The van der Waals surface area contributed by atoms with Gasteiger partial charge in [-0.15, -0.1) is 0 Å². The second-order valence-electron chi connectivity index (χ2n) is 4.24. The van der Waals surface area contributed by atoms with Gasteiger partial charge < -0.3 is 5.32 Å². The van der Waals surface area contributed by atoms with Crippen molar-refractivity contribution in [2.45, 2.75) is 26.3 Å². The van der Waals surface area contributed by atoms with Crippen LogP contribution in [0.1, 0.15) is 20.3 Å². The highest BCUT2D eigenvalue weighted by Gasteiger charge is 2.45. The van der Waals surface area contributed by atoms with Crippen LogP contribution in [-0.2, 0) is 0 Å². The number of aromatic nitrogens is 1. The summed E-state index contributed by atoms with van der Waals surface area (Å²) in [5, 5.41) is 3.90. The molecular formula is C10H13ClN2. The highest BCUT2D eigenvalue weighted by molar-refractivity contribution is 6.29. The van der Waals surface area contributed by atoms with Crippen molar-refractivity contribution in [3.05, 3.63) is 23.4 Å². The summed E-state index contributed by atoms with van der Waals surface area (Å²) in [7, 11) is 0. The van der Waals surface area contributed by atoms with E-state index in [1.807, 2.05) is 12.1 Å². The molecule has 0 amide bonds. The maximum atomic E-state index is 5.77. The fourth-order valence-electron chi connectivity index (χ4n) is 1.38. The first kappa shape index (κ1) is 8.82. The molecule has 1 heterocycles.